The second-order valence-corrected chi connectivity index (χ2v) is 3.99. The maximum atomic E-state index is 11.0. The average Bonchev–Trinajstić information content (AvgIpc) is 2.49. The summed E-state index contributed by atoms with van der Waals surface area (Å²) >= 11 is 1.63. The van der Waals surface area contributed by atoms with Gasteiger partial charge in [-0.05, 0) is 13.8 Å². The number of aryl methyl sites for hydroxylation is 2. The van der Waals surface area contributed by atoms with Crippen molar-refractivity contribution in [1.29, 1.82) is 0 Å². The highest BCUT2D eigenvalue weighted by atomic mass is 32.1. The Morgan fingerprint density at radius 1 is 1.69 bits per heavy atom. The van der Waals surface area contributed by atoms with Crippen LogP contribution >= 0.6 is 11.3 Å². The Balaban J connectivity index is 2.30. The number of aromatic nitrogens is 1. The maximum absolute atomic E-state index is 11.0. The van der Waals surface area contributed by atoms with Gasteiger partial charge in [0, 0.05) is 17.5 Å². The van der Waals surface area contributed by atoms with Crippen molar-refractivity contribution < 1.29 is 9.53 Å². The lowest BCUT2D eigenvalue weighted by atomic mass is 10.3. The summed E-state index contributed by atoms with van der Waals surface area (Å²) in [4.78, 5) is 16.3. The van der Waals surface area contributed by atoms with E-state index >= 15 is 0 Å². The van der Waals surface area contributed by atoms with E-state index in [-0.39, 0.29) is 5.97 Å². The molecule has 0 radical (unpaired) electrons. The first-order chi connectivity index (χ1) is 6.22. The molecule has 0 aliphatic heterocycles. The summed E-state index contributed by atoms with van der Waals surface area (Å²) < 4.78 is 4.81. The minimum atomic E-state index is -0.143. The molecule has 3 nitrogen and oxygen atoms in total. The van der Waals surface area contributed by atoms with Crippen LogP contribution in [0.15, 0.2) is 6.20 Å². The molecule has 1 rings (SSSR count). The van der Waals surface area contributed by atoms with Gasteiger partial charge in [-0.2, -0.15) is 0 Å². The summed E-state index contributed by atoms with van der Waals surface area (Å²) in [6.45, 7) is 4.27. The number of hydrogen-bond acceptors (Lipinski definition) is 4. The molecule has 0 amide bonds. The number of hydrogen-bond donors (Lipinski definition) is 0. The number of nitrogens with zero attached hydrogens (tertiary/aromatic N) is 1. The van der Waals surface area contributed by atoms with Crippen LogP contribution in [0.4, 0.5) is 0 Å². The van der Waals surface area contributed by atoms with Crippen molar-refractivity contribution in [2.45, 2.75) is 26.7 Å². The van der Waals surface area contributed by atoms with Crippen molar-refractivity contribution in [1.82, 2.24) is 4.98 Å². The summed E-state index contributed by atoms with van der Waals surface area (Å²) in [5.41, 5.74) is 0. The van der Waals surface area contributed by atoms with E-state index in [1.54, 1.807) is 11.3 Å². The molecule has 0 fully saturated rings. The molecule has 0 saturated heterocycles. The van der Waals surface area contributed by atoms with Crippen LogP contribution < -0.4 is 0 Å². The summed E-state index contributed by atoms with van der Waals surface area (Å²) in [7, 11) is 0. The fourth-order valence-corrected chi connectivity index (χ4v) is 1.75. The first-order valence-electron chi connectivity index (χ1n) is 4.29. The molecule has 0 unspecified atom stereocenters. The Morgan fingerprint density at radius 3 is 3.00 bits per heavy atom. The van der Waals surface area contributed by atoms with Gasteiger partial charge in [0.2, 0.25) is 0 Å². The van der Waals surface area contributed by atoms with Crippen LogP contribution in [0.25, 0.3) is 0 Å². The second kappa shape index (κ2) is 4.97. The van der Waals surface area contributed by atoms with Crippen molar-refractivity contribution in [3.63, 3.8) is 0 Å². The van der Waals surface area contributed by atoms with Gasteiger partial charge in [0.1, 0.15) is 0 Å². The number of rotatable bonds is 4. The molecule has 0 saturated carbocycles. The van der Waals surface area contributed by atoms with Gasteiger partial charge in [-0.15, -0.1) is 11.3 Å². The second-order valence-electron chi connectivity index (χ2n) is 2.67. The van der Waals surface area contributed by atoms with E-state index in [9.17, 15) is 4.79 Å². The molecule has 0 spiro atoms. The molecule has 4 heteroatoms. The zero-order valence-electron chi connectivity index (χ0n) is 7.87. The fraction of sp³-hybridized carbons (Fsp3) is 0.556. The predicted molar refractivity (Wildman–Crippen MR) is 51.8 cm³/mol. The molecule has 13 heavy (non-hydrogen) atoms. The van der Waals surface area contributed by atoms with Crippen LogP contribution in [0, 0.1) is 6.92 Å². The van der Waals surface area contributed by atoms with Gasteiger partial charge in [-0.1, -0.05) is 0 Å². The number of ether oxygens (including phenoxy) is 1. The monoisotopic (exact) mass is 199 g/mol. The topological polar surface area (TPSA) is 39.2 Å². The van der Waals surface area contributed by atoms with Gasteiger partial charge in [-0.3, -0.25) is 4.79 Å². The molecule has 1 heterocycles. The van der Waals surface area contributed by atoms with E-state index in [1.807, 2.05) is 20.0 Å². The third kappa shape index (κ3) is 3.55. The van der Waals surface area contributed by atoms with Crippen LogP contribution in [0.2, 0.25) is 0 Å². The summed E-state index contributed by atoms with van der Waals surface area (Å²) in [5.74, 6) is -0.143. The fourth-order valence-electron chi connectivity index (χ4n) is 0.959. The lowest BCUT2D eigenvalue weighted by molar-refractivity contribution is -0.143. The first-order valence-corrected chi connectivity index (χ1v) is 5.11. The molecular weight excluding hydrogens is 186 g/mol. The van der Waals surface area contributed by atoms with Crippen LogP contribution in [0.5, 0.6) is 0 Å². The minimum Gasteiger partial charge on any atom is -0.466 e. The summed E-state index contributed by atoms with van der Waals surface area (Å²) in [6.07, 6.45) is 2.95. The third-order valence-corrected chi connectivity index (χ3v) is 2.49. The number of carbonyl (C=O) groups is 1. The lowest BCUT2D eigenvalue weighted by Crippen LogP contribution is -2.04. The summed E-state index contributed by atoms with van der Waals surface area (Å²) in [6, 6.07) is 0. The molecular formula is C9H13NO2S. The van der Waals surface area contributed by atoms with E-state index in [2.05, 4.69) is 4.98 Å². The Bertz CT molecular complexity index is 283. The maximum Gasteiger partial charge on any atom is 0.306 e. The Kier molecular flexibility index (Phi) is 3.89. The number of carbonyl (C=O) groups excluding carboxylic acids is 1. The van der Waals surface area contributed by atoms with E-state index in [4.69, 9.17) is 4.74 Å². The highest BCUT2D eigenvalue weighted by Crippen LogP contribution is 2.12. The average molecular weight is 199 g/mol. The van der Waals surface area contributed by atoms with Crippen molar-refractivity contribution >= 4 is 17.3 Å². The molecule has 0 bridgehead atoms. The standard InChI is InChI=1S/C9H13NO2S/c1-3-12-9(11)5-4-8-10-6-7(2)13-8/h6H,3-5H2,1-2H3. The predicted octanol–water partition coefficient (Wildman–Crippen LogP) is 1.95. The minimum absolute atomic E-state index is 0.143. The molecule has 72 valence electrons. The Hall–Kier alpha value is -0.900. The number of thiazole rings is 1. The molecule has 0 aromatic carbocycles. The smallest absolute Gasteiger partial charge is 0.306 e. The van der Waals surface area contributed by atoms with Crippen molar-refractivity contribution in [3.05, 3.63) is 16.1 Å². The van der Waals surface area contributed by atoms with Gasteiger partial charge in [0.05, 0.1) is 18.0 Å². The van der Waals surface area contributed by atoms with Gasteiger partial charge in [-0.25, -0.2) is 4.98 Å². The van der Waals surface area contributed by atoms with Gasteiger partial charge >= 0.3 is 5.97 Å². The van der Waals surface area contributed by atoms with E-state index in [0.29, 0.717) is 19.4 Å². The SMILES string of the molecule is CCOC(=O)CCc1ncc(C)s1. The molecule has 0 atom stereocenters. The molecule has 0 aliphatic rings. The largest absolute Gasteiger partial charge is 0.466 e. The Morgan fingerprint density at radius 2 is 2.46 bits per heavy atom. The summed E-state index contributed by atoms with van der Waals surface area (Å²) in [5, 5.41) is 1.01. The number of esters is 1. The van der Waals surface area contributed by atoms with Crippen LogP contribution in [0.3, 0.4) is 0 Å². The van der Waals surface area contributed by atoms with Gasteiger partial charge < -0.3 is 4.74 Å². The highest BCUT2D eigenvalue weighted by molar-refractivity contribution is 7.11. The molecule has 1 aromatic rings. The lowest BCUT2D eigenvalue weighted by Gasteiger charge is -1.98. The molecule has 0 N–H and O–H groups in total. The van der Waals surface area contributed by atoms with Crippen molar-refractivity contribution in [2.75, 3.05) is 6.61 Å². The molecule has 0 aliphatic carbocycles. The van der Waals surface area contributed by atoms with Crippen molar-refractivity contribution in [2.24, 2.45) is 0 Å². The van der Waals surface area contributed by atoms with Gasteiger partial charge in [0.15, 0.2) is 0 Å². The first kappa shape index (κ1) is 10.2. The Labute approximate surface area is 81.8 Å². The van der Waals surface area contributed by atoms with E-state index in [1.165, 1.54) is 4.88 Å². The molecule has 1 aromatic heterocycles. The van der Waals surface area contributed by atoms with E-state index in [0.717, 1.165) is 5.01 Å². The van der Waals surface area contributed by atoms with Crippen LogP contribution in [-0.4, -0.2) is 17.6 Å². The van der Waals surface area contributed by atoms with E-state index < -0.39 is 0 Å². The highest BCUT2D eigenvalue weighted by Gasteiger charge is 2.04. The zero-order valence-corrected chi connectivity index (χ0v) is 8.69. The van der Waals surface area contributed by atoms with Gasteiger partial charge in [0.25, 0.3) is 0 Å². The quantitative estimate of drug-likeness (QED) is 0.696. The normalized spacial score (nSPS) is 10.0. The van der Waals surface area contributed by atoms with Crippen LogP contribution in [-0.2, 0) is 16.0 Å². The third-order valence-electron chi connectivity index (χ3n) is 1.52. The van der Waals surface area contributed by atoms with Crippen LogP contribution in [0.1, 0.15) is 23.2 Å². The van der Waals surface area contributed by atoms with Crippen molar-refractivity contribution in [3.8, 4) is 0 Å². The zero-order chi connectivity index (χ0) is 9.68.